The highest BCUT2D eigenvalue weighted by Crippen LogP contribution is 2.34. The zero-order valence-electron chi connectivity index (χ0n) is 18.9. The number of fused-ring (bicyclic) bond motifs is 1. The van der Waals surface area contributed by atoms with Gasteiger partial charge in [0, 0.05) is 28.1 Å². The molecule has 0 aliphatic carbocycles. The Morgan fingerprint density at radius 1 is 1.06 bits per heavy atom. The van der Waals surface area contributed by atoms with Gasteiger partial charge in [-0.3, -0.25) is 9.79 Å². The van der Waals surface area contributed by atoms with Crippen molar-refractivity contribution in [1.29, 1.82) is 0 Å². The number of piperidine rings is 1. The number of nitrogens with one attached hydrogen (secondary N) is 1. The van der Waals surface area contributed by atoms with Crippen molar-refractivity contribution in [2.24, 2.45) is 4.99 Å². The standard InChI is InChI=1S/C25H29N3O4/c1-15(29)16-5-6-22-21(13-16)23(25(30)27-22)24(26-18-7-9-28(2)10-8-18)17-11-19(31-3)14-20(12-17)32-4/h5-6,11-14,18,27,30H,7-10H2,1-4H3. The third-order valence-electron chi connectivity index (χ3n) is 6.05. The summed E-state index contributed by atoms with van der Waals surface area (Å²) in [4.78, 5) is 22.5. The summed E-state index contributed by atoms with van der Waals surface area (Å²) >= 11 is 0. The number of methoxy groups -OCH3 is 2. The van der Waals surface area contributed by atoms with Crippen LogP contribution in [0.5, 0.6) is 17.4 Å². The molecule has 2 heterocycles. The summed E-state index contributed by atoms with van der Waals surface area (Å²) in [6, 6.07) is 11.1. The molecule has 0 radical (unpaired) electrons. The van der Waals surface area contributed by atoms with Gasteiger partial charge in [0.25, 0.3) is 0 Å². The number of aromatic amines is 1. The average molecular weight is 436 g/mol. The number of likely N-dealkylation sites (tertiary alicyclic amines) is 1. The summed E-state index contributed by atoms with van der Waals surface area (Å²) in [5.74, 6) is 1.27. The van der Waals surface area contributed by atoms with Crippen molar-refractivity contribution in [2.75, 3.05) is 34.4 Å². The molecule has 2 N–H and O–H groups in total. The first-order valence-corrected chi connectivity index (χ1v) is 10.8. The van der Waals surface area contributed by atoms with Crippen LogP contribution in [-0.2, 0) is 0 Å². The fourth-order valence-corrected chi connectivity index (χ4v) is 4.17. The summed E-state index contributed by atoms with van der Waals surface area (Å²) in [5.41, 5.74) is 3.34. The fraction of sp³-hybridized carbons (Fsp3) is 0.360. The number of ether oxygens (including phenoxy) is 2. The van der Waals surface area contributed by atoms with Crippen LogP contribution in [0.2, 0.25) is 0 Å². The van der Waals surface area contributed by atoms with E-state index in [1.165, 1.54) is 6.92 Å². The van der Waals surface area contributed by atoms with E-state index in [1.807, 2.05) is 24.3 Å². The van der Waals surface area contributed by atoms with Gasteiger partial charge >= 0.3 is 0 Å². The van der Waals surface area contributed by atoms with E-state index in [0.717, 1.165) is 42.4 Å². The number of Topliss-reactive ketones (excluding diaryl/α,β-unsaturated/α-hetero) is 1. The molecule has 0 saturated carbocycles. The van der Waals surface area contributed by atoms with Gasteiger partial charge in [0.1, 0.15) is 11.5 Å². The largest absolute Gasteiger partial charge is 0.497 e. The Kier molecular flexibility index (Phi) is 6.19. The average Bonchev–Trinajstić information content (AvgIpc) is 3.12. The first kappa shape index (κ1) is 21.9. The molecule has 3 aromatic rings. The molecule has 0 unspecified atom stereocenters. The molecule has 32 heavy (non-hydrogen) atoms. The highest BCUT2D eigenvalue weighted by Gasteiger charge is 2.23. The number of nitrogens with zero attached hydrogens (tertiary/aromatic N) is 2. The van der Waals surface area contributed by atoms with Gasteiger partial charge in [-0.1, -0.05) is 0 Å². The molecule has 1 aromatic heterocycles. The molecule has 0 atom stereocenters. The zero-order chi connectivity index (χ0) is 22.8. The summed E-state index contributed by atoms with van der Waals surface area (Å²) in [6.45, 7) is 3.47. The Labute approximate surface area is 187 Å². The molecule has 7 heteroatoms. The molecule has 168 valence electrons. The highest BCUT2D eigenvalue weighted by atomic mass is 16.5. The van der Waals surface area contributed by atoms with Crippen molar-refractivity contribution < 1.29 is 19.4 Å². The predicted molar refractivity (Wildman–Crippen MR) is 126 cm³/mol. The van der Waals surface area contributed by atoms with Crippen LogP contribution < -0.4 is 9.47 Å². The molecule has 1 aliphatic rings. The van der Waals surface area contributed by atoms with Crippen LogP contribution in [0.1, 0.15) is 41.3 Å². The van der Waals surface area contributed by atoms with Crippen LogP contribution in [0, 0.1) is 0 Å². The molecular formula is C25H29N3O4. The van der Waals surface area contributed by atoms with E-state index in [0.29, 0.717) is 28.3 Å². The smallest absolute Gasteiger partial charge is 0.199 e. The van der Waals surface area contributed by atoms with Crippen LogP contribution in [0.4, 0.5) is 0 Å². The first-order chi connectivity index (χ1) is 15.4. The summed E-state index contributed by atoms with van der Waals surface area (Å²) in [6.07, 6.45) is 1.87. The Morgan fingerprint density at radius 2 is 1.72 bits per heavy atom. The highest BCUT2D eigenvalue weighted by molar-refractivity contribution is 6.22. The van der Waals surface area contributed by atoms with E-state index in [9.17, 15) is 9.90 Å². The molecule has 4 rings (SSSR count). The maximum Gasteiger partial charge on any atom is 0.199 e. The van der Waals surface area contributed by atoms with Gasteiger partial charge in [-0.2, -0.15) is 0 Å². The van der Waals surface area contributed by atoms with Crippen molar-refractivity contribution in [2.45, 2.75) is 25.8 Å². The van der Waals surface area contributed by atoms with Crippen molar-refractivity contribution >= 4 is 22.4 Å². The van der Waals surface area contributed by atoms with Crippen LogP contribution in [0.15, 0.2) is 41.4 Å². The monoisotopic (exact) mass is 435 g/mol. The second-order valence-electron chi connectivity index (χ2n) is 8.28. The first-order valence-electron chi connectivity index (χ1n) is 10.8. The number of aromatic nitrogens is 1. The van der Waals surface area contributed by atoms with Gasteiger partial charge in [0.05, 0.1) is 31.5 Å². The molecule has 2 aromatic carbocycles. The normalized spacial score (nSPS) is 15.8. The lowest BCUT2D eigenvalue weighted by Crippen LogP contribution is -2.32. The van der Waals surface area contributed by atoms with Crippen molar-refractivity contribution in [1.82, 2.24) is 9.88 Å². The third-order valence-corrected chi connectivity index (χ3v) is 6.05. The van der Waals surface area contributed by atoms with Gasteiger partial charge in [-0.15, -0.1) is 0 Å². The van der Waals surface area contributed by atoms with Crippen molar-refractivity contribution in [3.63, 3.8) is 0 Å². The molecule has 1 fully saturated rings. The summed E-state index contributed by atoms with van der Waals surface area (Å²) in [5, 5.41) is 11.7. The Bertz CT molecular complexity index is 1150. The minimum absolute atomic E-state index is 0.0224. The second-order valence-corrected chi connectivity index (χ2v) is 8.28. The zero-order valence-corrected chi connectivity index (χ0v) is 18.9. The van der Waals surface area contributed by atoms with Crippen molar-refractivity contribution in [3.8, 4) is 17.4 Å². The number of H-pyrrole nitrogens is 1. The number of hydrogen-bond acceptors (Lipinski definition) is 6. The van der Waals surface area contributed by atoms with Crippen molar-refractivity contribution in [3.05, 3.63) is 53.1 Å². The van der Waals surface area contributed by atoms with Crippen LogP contribution in [0.3, 0.4) is 0 Å². The number of rotatable bonds is 6. The Hall–Kier alpha value is -3.32. The molecule has 1 saturated heterocycles. The van der Waals surface area contributed by atoms with E-state index in [-0.39, 0.29) is 17.7 Å². The molecular weight excluding hydrogens is 406 g/mol. The lowest BCUT2D eigenvalue weighted by atomic mass is 9.97. The van der Waals surface area contributed by atoms with Crippen LogP contribution in [-0.4, -0.2) is 66.9 Å². The minimum Gasteiger partial charge on any atom is -0.497 e. The minimum atomic E-state index is -0.0320. The Morgan fingerprint density at radius 3 is 2.31 bits per heavy atom. The summed E-state index contributed by atoms with van der Waals surface area (Å²) < 4.78 is 11.0. The molecule has 1 aliphatic heterocycles. The Balaban J connectivity index is 1.94. The lowest BCUT2D eigenvalue weighted by Gasteiger charge is -2.27. The SMILES string of the molecule is COc1cc(OC)cc(C(=NC2CCN(C)CC2)c2c(O)[nH]c3ccc(C(C)=O)cc23)c1. The maximum absolute atomic E-state index is 12.0. The van der Waals surface area contributed by atoms with Crippen LogP contribution in [0.25, 0.3) is 10.9 Å². The number of benzene rings is 2. The fourth-order valence-electron chi connectivity index (χ4n) is 4.17. The molecule has 7 nitrogen and oxygen atoms in total. The number of aliphatic imine (C=N–C) groups is 1. The number of carbonyl (C=O) groups excluding carboxylic acids is 1. The van der Waals surface area contributed by atoms with Gasteiger partial charge in [-0.05, 0) is 70.2 Å². The van der Waals surface area contributed by atoms with Gasteiger partial charge in [0.15, 0.2) is 11.7 Å². The van der Waals surface area contributed by atoms with Crippen LogP contribution >= 0.6 is 0 Å². The number of carbonyl (C=O) groups is 1. The van der Waals surface area contributed by atoms with Gasteiger partial charge < -0.3 is 24.5 Å². The van der Waals surface area contributed by atoms with E-state index >= 15 is 0 Å². The van der Waals surface area contributed by atoms with Gasteiger partial charge in [0.2, 0.25) is 0 Å². The maximum atomic E-state index is 12.0. The quantitative estimate of drug-likeness (QED) is 0.451. The van der Waals surface area contributed by atoms with E-state index in [2.05, 4.69) is 16.9 Å². The predicted octanol–water partition coefficient (Wildman–Crippen LogP) is 4.02. The second kappa shape index (κ2) is 9.04. The molecule has 0 spiro atoms. The summed E-state index contributed by atoms with van der Waals surface area (Å²) in [7, 11) is 5.33. The molecule has 0 amide bonds. The number of ketones is 1. The van der Waals surface area contributed by atoms with E-state index in [1.54, 1.807) is 26.4 Å². The lowest BCUT2D eigenvalue weighted by molar-refractivity contribution is 0.101. The van der Waals surface area contributed by atoms with Gasteiger partial charge in [-0.25, -0.2) is 0 Å². The topological polar surface area (TPSA) is 87.2 Å². The molecule has 0 bridgehead atoms. The third kappa shape index (κ3) is 4.34. The number of hydrogen-bond donors (Lipinski definition) is 2. The van der Waals surface area contributed by atoms with E-state index in [4.69, 9.17) is 14.5 Å². The van der Waals surface area contributed by atoms with E-state index < -0.39 is 0 Å². The number of aromatic hydroxyl groups is 1.